The van der Waals surface area contributed by atoms with Crippen molar-refractivity contribution in [2.45, 2.75) is 6.54 Å². The molecule has 1 fully saturated rings. The number of likely N-dealkylation sites (N-methyl/N-ethyl adjacent to an activating group) is 1. The molecular formula is C12H15N3O4. The summed E-state index contributed by atoms with van der Waals surface area (Å²) in [6, 6.07) is 3.01. The Kier molecular flexibility index (Phi) is 3.55. The second kappa shape index (κ2) is 5.13. The molecule has 1 aromatic heterocycles. The first kappa shape index (κ1) is 13.1. The van der Waals surface area contributed by atoms with Crippen molar-refractivity contribution in [1.82, 2.24) is 14.4 Å². The van der Waals surface area contributed by atoms with E-state index < -0.39 is 5.97 Å². The third kappa shape index (κ3) is 2.75. The van der Waals surface area contributed by atoms with E-state index in [1.165, 1.54) is 15.5 Å². The molecule has 1 aliphatic rings. The van der Waals surface area contributed by atoms with Crippen molar-refractivity contribution in [3.63, 3.8) is 0 Å². The molecule has 1 N–H and O–H groups in total. The quantitative estimate of drug-likeness (QED) is 0.797. The van der Waals surface area contributed by atoms with Gasteiger partial charge in [-0.3, -0.25) is 9.59 Å². The molecule has 2 amide bonds. The van der Waals surface area contributed by atoms with Crippen LogP contribution in [0.25, 0.3) is 0 Å². The van der Waals surface area contributed by atoms with Gasteiger partial charge in [-0.25, -0.2) is 4.79 Å². The van der Waals surface area contributed by atoms with Gasteiger partial charge in [0.25, 0.3) is 0 Å². The Morgan fingerprint density at radius 3 is 2.74 bits per heavy atom. The molecule has 0 spiro atoms. The summed E-state index contributed by atoms with van der Waals surface area (Å²) >= 11 is 0. The minimum absolute atomic E-state index is 0.0546. The van der Waals surface area contributed by atoms with Crippen LogP contribution in [0.15, 0.2) is 18.3 Å². The Morgan fingerprint density at radius 2 is 2.11 bits per heavy atom. The van der Waals surface area contributed by atoms with Crippen LogP contribution in [-0.4, -0.2) is 63.9 Å². The number of carboxylic acid groups (broad SMARTS) is 1. The predicted octanol–water partition coefficient (Wildman–Crippen LogP) is -0.513. The molecule has 1 aromatic rings. The second-order valence-electron chi connectivity index (χ2n) is 4.46. The van der Waals surface area contributed by atoms with Crippen molar-refractivity contribution in [2.24, 2.45) is 0 Å². The van der Waals surface area contributed by atoms with E-state index in [4.69, 9.17) is 5.11 Å². The van der Waals surface area contributed by atoms with Gasteiger partial charge in [0, 0.05) is 26.3 Å². The first-order chi connectivity index (χ1) is 8.99. The first-order valence-electron chi connectivity index (χ1n) is 5.89. The van der Waals surface area contributed by atoms with E-state index in [2.05, 4.69) is 0 Å². The third-order valence-corrected chi connectivity index (χ3v) is 3.16. The smallest absolute Gasteiger partial charge is 0.352 e. The second-order valence-corrected chi connectivity index (χ2v) is 4.46. The highest BCUT2D eigenvalue weighted by Gasteiger charge is 2.25. The molecule has 7 heteroatoms. The van der Waals surface area contributed by atoms with Crippen molar-refractivity contribution in [3.8, 4) is 0 Å². The predicted molar refractivity (Wildman–Crippen MR) is 65.6 cm³/mol. The van der Waals surface area contributed by atoms with Gasteiger partial charge < -0.3 is 19.5 Å². The van der Waals surface area contributed by atoms with E-state index >= 15 is 0 Å². The summed E-state index contributed by atoms with van der Waals surface area (Å²) < 4.78 is 1.37. The molecule has 1 aliphatic heterocycles. The molecule has 2 rings (SSSR count). The van der Waals surface area contributed by atoms with Gasteiger partial charge in [0.15, 0.2) is 0 Å². The molecule has 0 unspecified atom stereocenters. The minimum Gasteiger partial charge on any atom is -0.477 e. The van der Waals surface area contributed by atoms with Crippen LogP contribution >= 0.6 is 0 Å². The molecule has 7 nitrogen and oxygen atoms in total. The Bertz CT molecular complexity index is 523. The fraction of sp³-hybridized carbons (Fsp3) is 0.417. The molecule has 19 heavy (non-hydrogen) atoms. The Balaban J connectivity index is 2.03. The van der Waals surface area contributed by atoms with Crippen LogP contribution in [0.1, 0.15) is 10.5 Å². The summed E-state index contributed by atoms with van der Waals surface area (Å²) in [7, 11) is 1.69. The molecule has 0 bridgehead atoms. The Hall–Kier alpha value is -2.31. The maximum atomic E-state index is 12.0. The standard InChI is InChI=1S/C12H15N3O4/c1-13-5-6-15(7-10(13)16)11(17)8-14-4-2-3-9(14)12(18)19/h2-4H,5-8H2,1H3,(H,18,19). The maximum absolute atomic E-state index is 12.0. The van der Waals surface area contributed by atoms with E-state index in [9.17, 15) is 14.4 Å². The number of hydrogen-bond acceptors (Lipinski definition) is 3. The molecule has 0 aromatic carbocycles. The zero-order chi connectivity index (χ0) is 14.0. The number of nitrogens with zero attached hydrogens (tertiary/aromatic N) is 3. The lowest BCUT2D eigenvalue weighted by molar-refractivity contribution is -0.144. The third-order valence-electron chi connectivity index (χ3n) is 3.16. The number of rotatable bonds is 3. The van der Waals surface area contributed by atoms with Gasteiger partial charge in [0.2, 0.25) is 11.8 Å². The van der Waals surface area contributed by atoms with Crippen LogP contribution in [0.2, 0.25) is 0 Å². The largest absolute Gasteiger partial charge is 0.477 e. The lowest BCUT2D eigenvalue weighted by Gasteiger charge is -2.32. The molecular weight excluding hydrogens is 250 g/mol. The van der Waals surface area contributed by atoms with Gasteiger partial charge in [-0.2, -0.15) is 0 Å². The summed E-state index contributed by atoms with van der Waals surface area (Å²) in [6.07, 6.45) is 1.54. The molecule has 0 atom stereocenters. The highest BCUT2D eigenvalue weighted by molar-refractivity contribution is 5.88. The van der Waals surface area contributed by atoms with Crippen LogP contribution in [0, 0.1) is 0 Å². The van der Waals surface area contributed by atoms with Crippen molar-refractivity contribution in [3.05, 3.63) is 24.0 Å². The van der Waals surface area contributed by atoms with E-state index in [0.717, 1.165) is 0 Å². The zero-order valence-corrected chi connectivity index (χ0v) is 10.6. The molecule has 0 radical (unpaired) electrons. The van der Waals surface area contributed by atoms with Crippen LogP contribution in [-0.2, 0) is 16.1 Å². The summed E-state index contributed by atoms with van der Waals surface area (Å²) in [5, 5.41) is 8.95. The van der Waals surface area contributed by atoms with Gasteiger partial charge in [-0.05, 0) is 12.1 Å². The van der Waals surface area contributed by atoms with E-state index in [1.54, 1.807) is 24.2 Å². The lowest BCUT2D eigenvalue weighted by Crippen LogP contribution is -2.51. The van der Waals surface area contributed by atoms with Crippen molar-refractivity contribution in [1.29, 1.82) is 0 Å². The number of aromatic nitrogens is 1. The van der Waals surface area contributed by atoms with Crippen molar-refractivity contribution >= 4 is 17.8 Å². The van der Waals surface area contributed by atoms with Gasteiger partial charge in [-0.1, -0.05) is 0 Å². The van der Waals surface area contributed by atoms with E-state index in [-0.39, 0.29) is 30.6 Å². The van der Waals surface area contributed by atoms with Crippen LogP contribution in [0.4, 0.5) is 0 Å². The minimum atomic E-state index is -1.08. The molecule has 0 saturated carbocycles. The van der Waals surface area contributed by atoms with Crippen molar-refractivity contribution < 1.29 is 19.5 Å². The summed E-state index contributed by atoms with van der Waals surface area (Å²) in [4.78, 5) is 37.5. The molecule has 102 valence electrons. The Labute approximate surface area is 110 Å². The zero-order valence-electron chi connectivity index (χ0n) is 10.6. The topological polar surface area (TPSA) is 82.8 Å². The number of carbonyl (C=O) groups is 3. The average molecular weight is 265 g/mol. The normalized spacial score (nSPS) is 15.7. The van der Waals surface area contributed by atoms with Crippen LogP contribution in [0.3, 0.4) is 0 Å². The van der Waals surface area contributed by atoms with E-state index in [1.807, 2.05) is 0 Å². The Morgan fingerprint density at radius 1 is 1.37 bits per heavy atom. The summed E-state index contributed by atoms with van der Waals surface area (Å²) in [5.74, 6) is -1.43. The monoisotopic (exact) mass is 265 g/mol. The van der Waals surface area contributed by atoms with Gasteiger partial charge in [0.05, 0.1) is 6.54 Å². The fourth-order valence-corrected chi connectivity index (χ4v) is 1.96. The fourth-order valence-electron chi connectivity index (χ4n) is 1.96. The number of piperazine rings is 1. The number of carboxylic acids is 1. The summed E-state index contributed by atoms with van der Waals surface area (Å²) in [6.45, 7) is 0.970. The lowest BCUT2D eigenvalue weighted by atomic mass is 10.3. The highest BCUT2D eigenvalue weighted by atomic mass is 16.4. The van der Waals surface area contributed by atoms with Crippen LogP contribution < -0.4 is 0 Å². The highest BCUT2D eigenvalue weighted by Crippen LogP contribution is 2.06. The number of aromatic carboxylic acids is 1. The van der Waals surface area contributed by atoms with Gasteiger partial charge in [0.1, 0.15) is 12.2 Å². The number of amides is 2. The van der Waals surface area contributed by atoms with Crippen LogP contribution in [0.5, 0.6) is 0 Å². The SMILES string of the molecule is CN1CCN(C(=O)Cn2cccc2C(=O)O)CC1=O. The van der Waals surface area contributed by atoms with Gasteiger partial charge >= 0.3 is 5.97 Å². The molecule has 0 aliphatic carbocycles. The number of hydrogen-bond donors (Lipinski definition) is 1. The maximum Gasteiger partial charge on any atom is 0.352 e. The van der Waals surface area contributed by atoms with Gasteiger partial charge in [-0.15, -0.1) is 0 Å². The first-order valence-corrected chi connectivity index (χ1v) is 5.89. The average Bonchev–Trinajstić information content (AvgIpc) is 2.80. The molecule has 1 saturated heterocycles. The molecule has 2 heterocycles. The van der Waals surface area contributed by atoms with E-state index in [0.29, 0.717) is 13.1 Å². The number of carbonyl (C=O) groups excluding carboxylic acids is 2. The van der Waals surface area contributed by atoms with Crippen molar-refractivity contribution in [2.75, 3.05) is 26.7 Å². The summed E-state index contributed by atoms with van der Waals surface area (Å²) in [5.41, 5.74) is 0.0637.